The summed E-state index contributed by atoms with van der Waals surface area (Å²) in [7, 11) is 1.60. The van der Waals surface area contributed by atoms with Crippen LogP contribution in [0, 0.1) is 6.92 Å². The summed E-state index contributed by atoms with van der Waals surface area (Å²) in [6, 6.07) is 3.38. The molecule has 0 aliphatic carbocycles. The Bertz CT molecular complexity index is 428. The number of nitrogens with zero attached hydrogens (tertiary/aromatic N) is 1. The number of hydrogen-bond donors (Lipinski definition) is 1. The van der Waals surface area contributed by atoms with Gasteiger partial charge in [-0.2, -0.15) is 13.2 Å². The van der Waals surface area contributed by atoms with Gasteiger partial charge in [0.05, 0.1) is 12.3 Å². The number of rotatable bonds is 9. The highest BCUT2D eigenvalue weighted by Gasteiger charge is 2.27. The van der Waals surface area contributed by atoms with Crippen LogP contribution < -0.4 is 10.1 Å². The Morgan fingerprint density at radius 3 is 2.71 bits per heavy atom. The minimum absolute atomic E-state index is 0.396. The monoisotopic (exact) mass is 308 g/mol. The summed E-state index contributed by atoms with van der Waals surface area (Å²) >= 11 is 0. The summed E-state index contributed by atoms with van der Waals surface area (Å²) in [6.45, 7) is 1.62. The number of nitrogens with one attached hydrogen (secondary N) is 1. The maximum atomic E-state index is 11.9. The van der Waals surface area contributed by atoms with E-state index in [-0.39, 0.29) is 0 Å². The molecule has 0 fully saturated rings. The maximum Gasteiger partial charge on any atom is 0.411 e. The Kier molecular flexibility index (Phi) is 7.41. The van der Waals surface area contributed by atoms with Crippen molar-refractivity contribution in [3.05, 3.63) is 23.5 Å². The van der Waals surface area contributed by atoms with Gasteiger partial charge >= 0.3 is 6.18 Å². The van der Waals surface area contributed by atoms with Crippen LogP contribution in [0.15, 0.2) is 12.1 Å². The molecule has 1 heterocycles. The second-order valence-electron chi connectivity index (χ2n) is 4.29. The van der Waals surface area contributed by atoms with Gasteiger partial charge in [0, 0.05) is 25.9 Å². The molecule has 0 aliphatic heterocycles. The normalized spacial score (nSPS) is 11.7. The summed E-state index contributed by atoms with van der Waals surface area (Å²) in [5.41, 5.74) is 1.41. The molecule has 5 nitrogen and oxygen atoms in total. The van der Waals surface area contributed by atoms with Crippen LogP contribution in [0.5, 0.6) is 5.75 Å². The molecule has 1 rings (SSSR count). The molecule has 0 unspecified atom stereocenters. The van der Waals surface area contributed by atoms with Crippen LogP contribution in [-0.2, 0) is 16.0 Å². The number of aromatic nitrogens is 1. The van der Waals surface area contributed by atoms with Crippen molar-refractivity contribution in [1.82, 2.24) is 10.3 Å². The standard InChI is InChI=1S/C13H19F3N2O3/c1-10-3-4-12(21-9-20-8-13(14,15)16)11(18-10)7-17-5-6-19-2/h3-4,17H,5-9H2,1-2H3. The zero-order valence-corrected chi connectivity index (χ0v) is 12.0. The molecule has 21 heavy (non-hydrogen) atoms. The van der Waals surface area contributed by atoms with E-state index in [4.69, 9.17) is 9.47 Å². The van der Waals surface area contributed by atoms with E-state index in [1.165, 1.54) is 0 Å². The predicted octanol–water partition coefficient (Wildman–Crippen LogP) is 2.04. The molecule has 0 bridgehead atoms. The van der Waals surface area contributed by atoms with Crippen molar-refractivity contribution in [3.63, 3.8) is 0 Å². The summed E-state index contributed by atoms with van der Waals surface area (Å²) in [4.78, 5) is 4.29. The lowest BCUT2D eigenvalue weighted by atomic mass is 10.3. The van der Waals surface area contributed by atoms with E-state index in [2.05, 4.69) is 15.0 Å². The molecular formula is C13H19F3N2O3. The summed E-state index contributed by atoms with van der Waals surface area (Å²) in [5, 5.41) is 3.10. The molecule has 0 radical (unpaired) electrons. The zero-order valence-electron chi connectivity index (χ0n) is 12.0. The van der Waals surface area contributed by atoms with Crippen molar-refractivity contribution >= 4 is 0 Å². The van der Waals surface area contributed by atoms with Gasteiger partial charge in [-0.1, -0.05) is 0 Å². The number of pyridine rings is 1. The van der Waals surface area contributed by atoms with Crippen molar-refractivity contribution in [1.29, 1.82) is 0 Å². The van der Waals surface area contributed by atoms with Gasteiger partial charge in [-0.15, -0.1) is 0 Å². The topological polar surface area (TPSA) is 52.6 Å². The first-order valence-electron chi connectivity index (χ1n) is 6.36. The van der Waals surface area contributed by atoms with Crippen molar-refractivity contribution in [2.45, 2.75) is 19.6 Å². The highest BCUT2D eigenvalue weighted by Crippen LogP contribution is 2.18. The molecule has 0 aromatic carbocycles. The van der Waals surface area contributed by atoms with Gasteiger partial charge in [0.1, 0.15) is 12.4 Å². The summed E-state index contributed by atoms with van der Waals surface area (Å²) in [5.74, 6) is 0.396. The molecule has 0 atom stereocenters. The number of hydrogen-bond acceptors (Lipinski definition) is 5. The minimum atomic E-state index is -4.36. The number of aryl methyl sites for hydroxylation is 1. The summed E-state index contributed by atoms with van der Waals surface area (Å²) < 4.78 is 50.3. The molecule has 0 amide bonds. The van der Waals surface area contributed by atoms with E-state index < -0.39 is 19.6 Å². The predicted molar refractivity (Wildman–Crippen MR) is 70.1 cm³/mol. The Balaban J connectivity index is 2.48. The third-order valence-corrected chi connectivity index (χ3v) is 2.41. The van der Waals surface area contributed by atoms with Gasteiger partial charge in [-0.05, 0) is 19.1 Å². The van der Waals surface area contributed by atoms with E-state index >= 15 is 0 Å². The van der Waals surface area contributed by atoms with Crippen molar-refractivity contribution in [2.75, 3.05) is 33.7 Å². The Morgan fingerprint density at radius 1 is 1.29 bits per heavy atom. The second kappa shape index (κ2) is 8.81. The van der Waals surface area contributed by atoms with Gasteiger partial charge in [0.15, 0.2) is 6.79 Å². The Hall–Kier alpha value is -1.38. The number of methoxy groups -OCH3 is 1. The average Bonchev–Trinajstić information content (AvgIpc) is 2.40. The van der Waals surface area contributed by atoms with Gasteiger partial charge in [0.25, 0.3) is 0 Å². The second-order valence-corrected chi connectivity index (χ2v) is 4.29. The Labute approximate surface area is 121 Å². The molecule has 120 valence electrons. The summed E-state index contributed by atoms with van der Waals surface area (Å²) in [6.07, 6.45) is -4.36. The van der Waals surface area contributed by atoms with Gasteiger partial charge in [-0.3, -0.25) is 4.98 Å². The molecule has 1 N–H and O–H groups in total. The smallest absolute Gasteiger partial charge is 0.411 e. The molecule has 8 heteroatoms. The van der Waals surface area contributed by atoms with E-state index in [0.717, 1.165) is 5.69 Å². The highest BCUT2D eigenvalue weighted by atomic mass is 19.4. The van der Waals surface area contributed by atoms with Crippen LogP contribution in [0.2, 0.25) is 0 Å². The van der Waals surface area contributed by atoms with Crippen LogP contribution in [-0.4, -0.2) is 44.8 Å². The van der Waals surface area contributed by atoms with E-state index in [1.807, 2.05) is 6.92 Å². The van der Waals surface area contributed by atoms with Crippen LogP contribution in [0.1, 0.15) is 11.4 Å². The Morgan fingerprint density at radius 2 is 2.05 bits per heavy atom. The molecule has 1 aromatic rings. The fraction of sp³-hybridized carbons (Fsp3) is 0.615. The van der Waals surface area contributed by atoms with Gasteiger partial charge < -0.3 is 19.5 Å². The minimum Gasteiger partial charge on any atom is -0.466 e. The fourth-order valence-electron chi connectivity index (χ4n) is 1.50. The molecule has 0 spiro atoms. The molecule has 1 aromatic heterocycles. The largest absolute Gasteiger partial charge is 0.466 e. The fourth-order valence-corrected chi connectivity index (χ4v) is 1.50. The average molecular weight is 308 g/mol. The van der Waals surface area contributed by atoms with Crippen molar-refractivity contribution < 1.29 is 27.4 Å². The third kappa shape index (κ3) is 7.84. The van der Waals surface area contributed by atoms with Crippen molar-refractivity contribution in [2.24, 2.45) is 0 Å². The van der Waals surface area contributed by atoms with E-state index in [9.17, 15) is 13.2 Å². The highest BCUT2D eigenvalue weighted by molar-refractivity contribution is 5.29. The molecule has 0 aliphatic rings. The number of halogens is 3. The molecule has 0 saturated carbocycles. The van der Waals surface area contributed by atoms with Gasteiger partial charge in [-0.25, -0.2) is 0 Å². The lowest BCUT2D eigenvalue weighted by Crippen LogP contribution is -2.21. The SMILES string of the molecule is COCCNCc1nc(C)ccc1OCOCC(F)(F)F. The quantitative estimate of drug-likeness (QED) is 0.559. The lowest BCUT2D eigenvalue weighted by Gasteiger charge is -2.13. The van der Waals surface area contributed by atoms with E-state index in [0.29, 0.717) is 31.1 Å². The lowest BCUT2D eigenvalue weighted by molar-refractivity contribution is -0.186. The van der Waals surface area contributed by atoms with Crippen LogP contribution in [0.3, 0.4) is 0 Å². The van der Waals surface area contributed by atoms with Crippen molar-refractivity contribution in [3.8, 4) is 5.75 Å². The number of ether oxygens (including phenoxy) is 3. The first-order chi connectivity index (χ1) is 9.92. The molecular weight excluding hydrogens is 289 g/mol. The molecule has 0 saturated heterocycles. The van der Waals surface area contributed by atoms with Gasteiger partial charge in [0.2, 0.25) is 0 Å². The number of alkyl halides is 3. The van der Waals surface area contributed by atoms with E-state index in [1.54, 1.807) is 19.2 Å². The first-order valence-corrected chi connectivity index (χ1v) is 6.36. The van der Waals surface area contributed by atoms with Crippen LogP contribution in [0.4, 0.5) is 13.2 Å². The maximum absolute atomic E-state index is 11.9. The van der Waals surface area contributed by atoms with Crippen LogP contribution >= 0.6 is 0 Å². The first kappa shape index (κ1) is 17.7. The van der Waals surface area contributed by atoms with Crippen LogP contribution in [0.25, 0.3) is 0 Å². The third-order valence-electron chi connectivity index (χ3n) is 2.41. The zero-order chi connectivity index (χ0) is 15.7.